The third-order valence-corrected chi connectivity index (χ3v) is 2.38. The standard InChI is InChI=1S/C13H19ClN2O2/c1-8(15)10-6-5-9(14)7-11(10)16-12(17)18-13(2,3)4/h5-8H,15H2,1-4H3,(H,16,17)/t8-/m0/s1. The minimum atomic E-state index is -0.544. The highest BCUT2D eigenvalue weighted by atomic mass is 35.5. The Morgan fingerprint density at radius 2 is 2.06 bits per heavy atom. The lowest BCUT2D eigenvalue weighted by molar-refractivity contribution is 0.0636. The lowest BCUT2D eigenvalue weighted by atomic mass is 10.1. The molecule has 1 aromatic rings. The molecule has 0 spiro atoms. The van der Waals surface area contributed by atoms with Crippen molar-refractivity contribution in [3.8, 4) is 0 Å². The van der Waals surface area contributed by atoms with Gasteiger partial charge in [0.1, 0.15) is 5.60 Å². The number of anilines is 1. The summed E-state index contributed by atoms with van der Waals surface area (Å²) in [6.07, 6.45) is -0.522. The highest BCUT2D eigenvalue weighted by molar-refractivity contribution is 6.31. The van der Waals surface area contributed by atoms with Crippen molar-refractivity contribution in [2.45, 2.75) is 39.3 Å². The molecule has 4 nitrogen and oxygen atoms in total. The zero-order chi connectivity index (χ0) is 13.9. The molecule has 1 atom stereocenters. The zero-order valence-corrected chi connectivity index (χ0v) is 11.8. The molecule has 1 rings (SSSR count). The van der Waals surface area contributed by atoms with Crippen molar-refractivity contribution in [3.05, 3.63) is 28.8 Å². The van der Waals surface area contributed by atoms with E-state index in [9.17, 15) is 4.79 Å². The number of rotatable bonds is 2. The first-order valence-corrected chi connectivity index (χ1v) is 6.12. The molecule has 0 saturated heterocycles. The van der Waals surface area contributed by atoms with Gasteiger partial charge in [0.25, 0.3) is 0 Å². The van der Waals surface area contributed by atoms with E-state index in [1.807, 2.05) is 6.92 Å². The van der Waals surface area contributed by atoms with Crippen LogP contribution in [0.5, 0.6) is 0 Å². The molecular formula is C13H19ClN2O2. The molecule has 0 radical (unpaired) electrons. The first kappa shape index (κ1) is 14.8. The van der Waals surface area contributed by atoms with E-state index in [1.54, 1.807) is 39.0 Å². The Morgan fingerprint density at radius 3 is 2.56 bits per heavy atom. The third-order valence-electron chi connectivity index (χ3n) is 2.14. The number of benzene rings is 1. The first-order valence-electron chi connectivity index (χ1n) is 5.74. The van der Waals surface area contributed by atoms with Crippen LogP contribution in [0.3, 0.4) is 0 Å². The Labute approximate surface area is 112 Å². The lowest BCUT2D eigenvalue weighted by Crippen LogP contribution is -2.27. The number of nitrogens with one attached hydrogen (secondary N) is 1. The normalized spacial score (nSPS) is 13.0. The molecule has 18 heavy (non-hydrogen) atoms. The summed E-state index contributed by atoms with van der Waals surface area (Å²) in [6, 6.07) is 4.98. The van der Waals surface area contributed by atoms with Crippen LogP contribution in [0.25, 0.3) is 0 Å². The fourth-order valence-corrected chi connectivity index (χ4v) is 1.62. The molecule has 5 heteroatoms. The summed E-state index contributed by atoms with van der Waals surface area (Å²) in [5, 5.41) is 3.20. The first-order chi connectivity index (χ1) is 8.19. The van der Waals surface area contributed by atoms with E-state index >= 15 is 0 Å². The summed E-state index contributed by atoms with van der Waals surface area (Å²) in [4.78, 5) is 11.7. The van der Waals surface area contributed by atoms with Crippen LogP contribution in [-0.4, -0.2) is 11.7 Å². The number of nitrogens with two attached hydrogens (primary N) is 1. The van der Waals surface area contributed by atoms with Crippen molar-refractivity contribution in [2.75, 3.05) is 5.32 Å². The SMILES string of the molecule is C[C@H](N)c1ccc(Cl)cc1NC(=O)OC(C)(C)C. The Hall–Kier alpha value is -1.26. The molecule has 0 aliphatic heterocycles. The van der Waals surface area contributed by atoms with Gasteiger partial charge in [-0.2, -0.15) is 0 Å². The predicted molar refractivity (Wildman–Crippen MR) is 73.9 cm³/mol. The molecule has 1 aromatic carbocycles. The van der Waals surface area contributed by atoms with Crippen LogP contribution in [-0.2, 0) is 4.74 Å². The van der Waals surface area contributed by atoms with Gasteiger partial charge in [-0.25, -0.2) is 4.79 Å². The molecule has 0 heterocycles. The van der Waals surface area contributed by atoms with Crippen LogP contribution in [0, 0.1) is 0 Å². The van der Waals surface area contributed by atoms with Gasteiger partial charge in [-0.15, -0.1) is 0 Å². The molecule has 0 aromatic heterocycles. The molecule has 0 bridgehead atoms. The largest absolute Gasteiger partial charge is 0.444 e. The van der Waals surface area contributed by atoms with Gasteiger partial charge >= 0.3 is 6.09 Å². The smallest absolute Gasteiger partial charge is 0.412 e. The fourth-order valence-electron chi connectivity index (χ4n) is 1.45. The Bertz CT molecular complexity index is 439. The van der Waals surface area contributed by atoms with E-state index in [-0.39, 0.29) is 6.04 Å². The van der Waals surface area contributed by atoms with Crippen molar-refractivity contribution in [2.24, 2.45) is 5.73 Å². The average Bonchev–Trinajstić information content (AvgIpc) is 2.13. The zero-order valence-electron chi connectivity index (χ0n) is 11.1. The maximum absolute atomic E-state index is 11.7. The number of halogens is 1. The van der Waals surface area contributed by atoms with Crippen LogP contribution in [0.15, 0.2) is 18.2 Å². The average molecular weight is 271 g/mol. The topological polar surface area (TPSA) is 64.3 Å². The number of carbonyl (C=O) groups is 1. The van der Waals surface area contributed by atoms with Gasteiger partial charge in [0.05, 0.1) is 5.69 Å². The van der Waals surface area contributed by atoms with Gasteiger partial charge in [-0.3, -0.25) is 5.32 Å². The lowest BCUT2D eigenvalue weighted by Gasteiger charge is -2.21. The second-order valence-electron chi connectivity index (χ2n) is 5.15. The minimum absolute atomic E-state index is 0.202. The molecule has 0 unspecified atom stereocenters. The summed E-state index contributed by atoms with van der Waals surface area (Å²) in [6.45, 7) is 7.24. The highest BCUT2D eigenvalue weighted by Gasteiger charge is 2.18. The second kappa shape index (κ2) is 5.59. The van der Waals surface area contributed by atoms with E-state index in [1.165, 1.54) is 0 Å². The van der Waals surface area contributed by atoms with Crippen molar-refractivity contribution in [3.63, 3.8) is 0 Å². The highest BCUT2D eigenvalue weighted by Crippen LogP contribution is 2.25. The summed E-state index contributed by atoms with van der Waals surface area (Å²) < 4.78 is 5.18. The Kier molecular flexibility index (Phi) is 4.59. The van der Waals surface area contributed by atoms with Crippen LogP contribution in [0.2, 0.25) is 5.02 Å². The molecule has 0 fully saturated rings. The van der Waals surface area contributed by atoms with Crippen LogP contribution >= 0.6 is 11.6 Å². The monoisotopic (exact) mass is 270 g/mol. The molecule has 3 N–H and O–H groups in total. The van der Waals surface area contributed by atoms with Crippen LogP contribution < -0.4 is 11.1 Å². The van der Waals surface area contributed by atoms with Crippen LogP contribution in [0.1, 0.15) is 39.3 Å². The van der Waals surface area contributed by atoms with E-state index in [4.69, 9.17) is 22.1 Å². The maximum atomic E-state index is 11.7. The summed E-state index contributed by atoms with van der Waals surface area (Å²) in [5.74, 6) is 0. The van der Waals surface area contributed by atoms with Crippen molar-refractivity contribution < 1.29 is 9.53 Å². The number of hydrogen-bond donors (Lipinski definition) is 2. The molecular weight excluding hydrogens is 252 g/mol. The van der Waals surface area contributed by atoms with Gasteiger partial charge in [-0.1, -0.05) is 17.7 Å². The number of ether oxygens (including phenoxy) is 1. The van der Waals surface area contributed by atoms with E-state index in [2.05, 4.69) is 5.32 Å². The minimum Gasteiger partial charge on any atom is -0.444 e. The molecule has 0 aliphatic carbocycles. The van der Waals surface area contributed by atoms with Gasteiger partial charge in [-0.05, 0) is 45.4 Å². The van der Waals surface area contributed by atoms with E-state index in [0.717, 1.165) is 5.56 Å². The third kappa shape index (κ3) is 4.55. The Morgan fingerprint density at radius 1 is 1.44 bits per heavy atom. The van der Waals surface area contributed by atoms with Gasteiger partial charge in [0.2, 0.25) is 0 Å². The second-order valence-corrected chi connectivity index (χ2v) is 5.58. The van der Waals surface area contributed by atoms with Gasteiger partial charge in [0, 0.05) is 11.1 Å². The van der Waals surface area contributed by atoms with E-state index < -0.39 is 11.7 Å². The quantitative estimate of drug-likeness (QED) is 0.861. The summed E-state index contributed by atoms with van der Waals surface area (Å²) >= 11 is 5.91. The number of amides is 1. The Balaban J connectivity index is 2.89. The summed E-state index contributed by atoms with van der Waals surface area (Å²) in [7, 11) is 0. The molecule has 0 saturated carbocycles. The van der Waals surface area contributed by atoms with Gasteiger partial charge in [0.15, 0.2) is 0 Å². The molecule has 100 valence electrons. The van der Waals surface area contributed by atoms with Gasteiger partial charge < -0.3 is 10.5 Å². The maximum Gasteiger partial charge on any atom is 0.412 e. The fraction of sp³-hybridized carbons (Fsp3) is 0.462. The summed E-state index contributed by atoms with van der Waals surface area (Å²) in [5.41, 5.74) is 6.67. The number of carbonyl (C=O) groups excluding carboxylic acids is 1. The number of hydrogen-bond acceptors (Lipinski definition) is 3. The molecule has 0 aliphatic rings. The van der Waals surface area contributed by atoms with Crippen molar-refractivity contribution >= 4 is 23.4 Å². The predicted octanol–water partition coefficient (Wildman–Crippen LogP) is 3.71. The van der Waals surface area contributed by atoms with Crippen LogP contribution in [0.4, 0.5) is 10.5 Å². The van der Waals surface area contributed by atoms with Crippen molar-refractivity contribution in [1.82, 2.24) is 0 Å². The van der Waals surface area contributed by atoms with Crippen molar-refractivity contribution in [1.29, 1.82) is 0 Å². The molecule has 1 amide bonds. The van der Waals surface area contributed by atoms with E-state index in [0.29, 0.717) is 10.7 Å².